The van der Waals surface area contributed by atoms with Crippen molar-refractivity contribution in [1.29, 1.82) is 0 Å². The van der Waals surface area contributed by atoms with E-state index < -0.39 is 0 Å². The number of nitrogens with one attached hydrogen (secondary N) is 3. The maximum absolute atomic E-state index is 13.6. The van der Waals surface area contributed by atoms with Crippen molar-refractivity contribution < 1.29 is 4.39 Å². The topological polar surface area (TPSA) is 84.5 Å². The minimum Gasteiger partial charge on any atom is -0.361 e. The Hall–Kier alpha value is -3.20. The number of aromatic nitrogens is 3. The first-order valence-electron chi connectivity index (χ1n) is 11.2. The van der Waals surface area contributed by atoms with Crippen molar-refractivity contribution in [3.05, 3.63) is 54.2 Å². The molecule has 32 heavy (non-hydrogen) atoms. The Labute approximate surface area is 188 Å². The van der Waals surface area contributed by atoms with Gasteiger partial charge >= 0.3 is 0 Å². The Bertz CT molecular complexity index is 1010. The van der Waals surface area contributed by atoms with Crippen molar-refractivity contribution in [1.82, 2.24) is 30.5 Å². The monoisotopic (exact) mass is 438 g/mol. The van der Waals surface area contributed by atoms with Crippen molar-refractivity contribution in [2.75, 3.05) is 57.3 Å². The summed E-state index contributed by atoms with van der Waals surface area (Å²) >= 11 is 0. The minimum atomic E-state index is -0.210. The molecule has 1 aromatic carbocycles. The van der Waals surface area contributed by atoms with Crippen molar-refractivity contribution >= 4 is 22.8 Å². The molecule has 1 fully saturated rings. The van der Waals surface area contributed by atoms with Gasteiger partial charge in [-0.2, -0.15) is 0 Å². The van der Waals surface area contributed by atoms with E-state index in [0.717, 1.165) is 87.2 Å². The van der Waals surface area contributed by atoms with Crippen LogP contribution in [0.2, 0.25) is 0 Å². The summed E-state index contributed by atoms with van der Waals surface area (Å²) in [6.07, 6.45) is 6.32. The summed E-state index contributed by atoms with van der Waals surface area (Å²) in [5.41, 5.74) is 2.06. The zero-order valence-electron chi connectivity index (χ0n) is 18.5. The third-order valence-corrected chi connectivity index (χ3v) is 5.65. The number of halogens is 1. The molecule has 1 saturated heterocycles. The number of piperazine rings is 1. The van der Waals surface area contributed by atoms with Gasteiger partial charge in [-0.1, -0.05) is 0 Å². The zero-order valence-corrected chi connectivity index (χ0v) is 18.5. The molecule has 1 aliphatic heterocycles. The van der Waals surface area contributed by atoms with Crippen LogP contribution in [0.25, 0.3) is 10.9 Å². The highest BCUT2D eigenvalue weighted by molar-refractivity contribution is 5.83. The number of hydrogen-bond donors (Lipinski definition) is 3. The number of rotatable bonds is 8. The third kappa shape index (κ3) is 5.73. The molecule has 0 amide bonds. The van der Waals surface area contributed by atoms with Crippen LogP contribution in [0.4, 0.5) is 10.3 Å². The summed E-state index contributed by atoms with van der Waals surface area (Å²) in [7, 11) is 0. The van der Waals surface area contributed by atoms with Crippen molar-refractivity contribution in [3.63, 3.8) is 0 Å². The fourth-order valence-electron chi connectivity index (χ4n) is 3.94. The summed E-state index contributed by atoms with van der Waals surface area (Å²) < 4.78 is 13.6. The first-order valence-corrected chi connectivity index (χ1v) is 11.2. The minimum absolute atomic E-state index is 0.210. The summed E-state index contributed by atoms with van der Waals surface area (Å²) in [5.74, 6) is 1.41. The van der Waals surface area contributed by atoms with Crippen molar-refractivity contribution in [2.45, 2.75) is 13.3 Å². The van der Waals surface area contributed by atoms with Gasteiger partial charge in [0, 0.05) is 75.3 Å². The van der Waals surface area contributed by atoms with Gasteiger partial charge in [-0.3, -0.25) is 9.89 Å². The highest BCUT2D eigenvalue weighted by Crippen LogP contribution is 2.19. The lowest BCUT2D eigenvalue weighted by Gasteiger charge is -2.34. The van der Waals surface area contributed by atoms with Crippen LogP contribution < -0.4 is 15.5 Å². The van der Waals surface area contributed by atoms with Crippen LogP contribution in [0.1, 0.15) is 12.5 Å². The van der Waals surface area contributed by atoms with Crippen molar-refractivity contribution in [3.8, 4) is 0 Å². The smallest absolute Gasteiger partial charge is 0.225 e. The lowest BCUT2D eigenvalue weighted by atomic mass is 10.1. The number of hydrogen-bond acceptors (Lipinski definition) is 5. The fraction of sp³-hybridized carbons (Fsp3) is 0.435. The molecule has 0 spiro atoms. The quantitative estimate of drug-likeness (QED) is 0.369. The normalized spacial score (nSPS) is 15.3. The summed E-state index contributed by atoms with van der Waals surface area (Å²) in [5, 5.41) is 7.63. The van der Waals surface area contributed by atoms with E-state index in [1.165, 1.54) is 6.07 Å². The van der Waals surface area contributed by atoms with Gasteiger partial charge in [-0.15, -0.1) is 0 Å². The number of aromatic amines is 1. The Morgan fingerprint density at radius 2 is 1.97 bits per heavy atom. The van der Waals surface area contributed by atoms with E-state index >= 15 is 0 Å². The van der Waals surface area contributed by atoms with Crippen molar-refractivity contribution in [2.24, 2.45) is 4.99 Å². The Morgan fingerprint density at radius 1 is 1.16 bits per heavy atom. The van der Waals surface area contributed by atoms with Crippen LogP contribution in [0.3, 0.4) is 0 Å². The van der Waals surface area contributed by atoms with Gasteiger partial charge in [0.25, 0.3) is 0 Å². The summed E-state index contributed by atoms with van der Waals surface area (Å²) in [6.45, 7) is 9.06. The third-order valence-electron chi connectivity index (χ3n) is 5.65. The molecular formula is C23H31FN8. The molecule has 9 heteroatoms. The Kier molecular flexibility index (Phi) is 7.50. The van der Waals surface area contributed by atoms with Gasteiger partial charge < -0.3 is 20.5 Å². The lowest BCUT2D eigenvalue weighted by Crippen LogP contribution is -2.47. The second-order valence-corrected chi connectivity index (χ2v) is 7.82. The summed E-state index contributed by atoms with van der Waals surface area (Å²) in [6, 6.07) is 6.68. The number of benzene rings is 1. The van der Waals surface area contributed by atoms with Gasteiger partial charge in [-0.05, 0) is 43.2 Å². The molecule has 2 aromatic heterocycles. The Balaban J connectivity index is 1.22. The first-order chi connectivity index (χ1) is 15.7. The average molecular weight is 439 g/mol. The van der Waals surface area contributed by atoms with E-state index in [2.05, 4.69) is 42.3 Å². The maximum Gasteiger partial charge on any atom is 0.225 e. The number of anilines is 1. The molecule has 0 bridgehead atoms. The predicted octanol–water partition coefficient (Wildman–Crippen LogP) is 2.02. The second kappa shape index (κ2) is 10.9. The van der Waals surface area contributed by atoms with Crippen LogP contribution >= 0.6 is 0 Å². The zero-order chi connectivity index (χ0) is 22.2. The van der Waals surface area contributed by atoms with Crippen LogP contribution in [0.15, 0.2) is 47.8 Å². The molecule has 0 saturated carbocycles. The molecule has 3 N–H and O–H groups in total. The molecule has 0 radical (unpaired) electrons. The highest BCUT2D eigenvalue weighted by Gasteiger charge is 2.18. The number of nitrogens with zero attached hydrogens (tertiary/aromatic N) is 5. The Morgan fingerprint density at radius 3 is 2.75 bits per heavy atom. The second-order valence-electron chi connectivity index (χ2n) is 7.82. The van der Waals surface area contributed by atoms with Gasteiger partial charge in [0.2, 0.25) is 5.95 Å². The first kappa shape index (κ1) is 22.0. The predicted molar refractivity (Wildman–Crippen MR) is 127 cm³/mol. The van der Waals surface area contributed by atoms with Gasteiger partial charge in [0.05, 0.1) is 6.54 Å². The molecule has 3 aromatic rings. The SMILES string of the molecule is CCNC(=NCCN1CCN(c2ncccn2)CC1)NCCc1c[nH]c2ccc(F)cc12. The number of guanidine groups is 1. The van der Waals surface area contributed by atoms with Crippen LogP contribution in [0, 0.1) is 5.82 Å². The standard InChI is InChI=1S/C23H31FN8/c1-2-25-22(26-9-6-18-17-30-21-5-4-19(24)16-20(18)21)27-10-11-31-12-14-32(15-13-31)23-28-7-3-8-29-23/h3-5,7-8,16-17,30H,2,6,9-15H2,1H3,(H2,25,26,27). The van der Waals surface area contributed by atoms with E-state index in [0.29, 0.717) is 0 Å². The van der Waals surface area contributed by atoms with E-state index in [-0.39, 0.29) is 5.82 Å². The molecule has 0 atom stereocenters. The molecule has 4 rings (SSSR count). The lowest BCUT2D eigenvalue weighted by molar-refractivity contribution is 0.263. The fourth-order valence-corrected chi connectivity index (χ4v) is 3.94. The molecular weight excluding hydrogens is 407 g/mol. The van der Waals surface area contributed by atoms with E-state index in [1.807, 2.05) is 12.3 Å². The number of aliphatic imine (C=N–C) groups is 1. The molecule has 3 heterocycles. The van der Waals surface area contributed by atoms with Gasteiger partial charge in [0.1, 0.15) is 5.82 Å². The summed E-state index contributed by atoms with van der Waals surface area (Å²) in [4.78, 5) is 21.3. The maximum atomic E-state index is 13.6. The molecule has 8 nitrogen and oxygen atoms in total. The average Bonchev–Trinajstić information content (AvgIpc) is 3.22. The molecule has 170 valence electrons. The number of fused-ring (bicyclic) bond motifs is 1. The van der Waals surface area contributed by atoms with E-state index in [4.69, 9.17) is 4.99 Å². The van der Waals surface area contributed by atoms with Gasteiger partial charge in [0.15, 0.2) is 5.96 Å². The molecule has 0 aliphatic carbocycles. The highest BCUT2D eigenvalue weighted by atomic mass is 19.1. The van der Waals surface area contributed by atoms with Crippen LogP contribution in [-0.2, 0) is 6.42 Å². The molecule has 1 aliphatic rings. The van der Waals surface area contributed by atoms with E-state index in [9.17, 15) is 4.39 Å². The molecule has 0 unspecified atom stereocenters. The van der Waals surface area contributed by atoms with Crippen LogP contribution in [-0.4, -0.2) is 78.2 Å². The van der Waals surface area contributed by atoms with E-state index in [1.54, 1.807) is 24.5 Å². The largest absolute Gasteiger partial charge is 0.361 e. The van der Waals surface area contributed by atoms with Crippen LogP contribution in [0.5, 0.6) is 0 Å². The van der Waals surface area contributed by atoms with Gasteiger partial charge in [-0.25, -0.2) is 14.4 Å². The number of H-pyrrole nitrogens is 1.